The van der Waals surface area contributed by atoms with Crippen molar-refractivity contribution in [2.75, 3.05) is 24.7 Å². The van der Waals surface area contributed by atoms with E-state index in [9.17, 15) is 5.11 Å². The van der Waals surface area contributed by atoms with Crippen LogP contribution in [0.4, 0.5) is 5.13 Å². The van der Waals surface area contributed by atoms with Gasteiger partial charge in [0.1, 0.15) is 0 Å². The summed E-state index contributed by atoms with van der Waals surface area (Å²) in [5.74, 6) is 0.754. The van der Waals surface area contributed by atoms with Crippen molar-refractivity contribution >= 4 is 16.7 Å². The monoisotopic (exact) mass is 291 g/mol. The molecule has 0 spiro atoms. The largest absolute Gasteiger partial charge is 0.394 e. The van der Waals surface area contributed by atoms with Crippen molar-refractivity contribution in [3.8, 4) is 11.4 Å². The first kappa shape index (κ1) is 13.5. The number of aliphatic hydroxyl groups excluding tert-OH is 1. The summed E-state index contributed by atoms with van der Waals surface area (Å²) in [6.07, 6.45) is -0.143. The van der Waals surface area contributed by atoms with Crippen LogP contribution >= 0.6 is 11.5 Å². The van der Waals surface area contributed by atoms with Gasteiger partial charge in [0.2, 0.25) is 5.13 Å². The third-order valence-corrected chi connectivity index (χ3v) is 4.16. The molecule has 1 aliphatic heterocycles. The van der Waals surface area contributed by atoms with Gasteiger partial charge in [-0.15, -0.1) is 0 Å². The summed E-state index contributed by atoms with van der Waals surface area (Å²) < 4.78 is 9.98. The van der Waals surface area contributed by atoms with E-state index in [4.69, 9.17) is 4.74 Å². The molecule has 2 aromatic rings. The van der Waals surface area contributed by atoms with Gasteiger partial charge < -0.3 is 14.7 Å². The molecule has 5 nitrogen and oxygen atoms in total. The number of rotatable bonds is 3. The second-order valence-electron chi connectivity index (χ2n) is 4.91. The van der Waals surface area contributed by atoms with Gasteiger partial charge in [0, 0.05) is 23.6 Å². The molecule has 106 valence electrons. The Morgan fingerprint density at radius 3 is 2.95 bits per heavy atom. The van der Waals surface area contributed by atoms with Gasteiger partial charge in [0.05, 0.1) is 25.4 Å². The molecule has 1 aromatic carbocycles. The van der Waals surface area contributed by atoms with Gasteiger partial charge in [-0.05, 0) is 6.92 Å². The summed E-state index contributed by atoms with van der Waals surface area (Å²) in [6, 6.07) is 10.2. The number of hydrogen-bond acceptors (Lipinski definition) is 6. The van der Waals surface area contributed by atoms with E-state index >= 15 is 0 Å². The van der Waals surface area contributed by atoms with Crippen molar-refractivity contribution in [3.63, 3.8) is 0 Å². The number of nitrogens with zero attached hydrogens (tertiary/aromatic N) is 3. The third-order valence-electron chi connectivity index (χ3n) is 3.40. The molecule has 0 unspecified atom stereocenters. The van der Waals surface area contributed by atoms with Crippen LogP contribution in [0.5, 0.6) is 0 Å². The Labute approximate surface area is 122 Å². The normalized spacial score (nSPS) is 23.0. The predicted octanol–water partition coefficient (Wildman–Crippen LogP) is 1.79. The molecule has 3 rings (SSSR count). The fraction of sp³-hybridized carbons (Fsp3) is 0.429. The van der Waals surface area contributed by atoms with Crippen LogP contribution in [-0.4, -0.2) is 46.4 Å². The molecule has 0 saturated carbocycles. The van der Waals surface area contributed by atoms with E-state index in [1.807, 2.05) is 30.3 Å². The van der Waals surface area contributed by atoms with E-state index in [0.717, 1.165) is 16.5 Å². The molecule has 0 bridgehead atoms. The molecule has 1 N–H and O–H groups in total. The number of hydrogen-bond donors (Lipinski definition) is 1. The Hall–Kier alpha value is -1.50. The zero-order chi connectivity index (χ0) is 13.9. The SMILES string of the molecule is C[C@H]1CO[C@@H](CO)CN1c1nc(-c2ccccc2)ns1. The van der Waals surface area contributed by atoms with Crippen LogP contribution in [-0.2, 0) is 4.74 Å². The summed E-state index contributed by atoms with van der Waals surface area (Å²) in [5.41, 5.74) is 1.02. The van der Waals surface area contributed by atoms with Crippen molar-refractivity contribution in [1.29, 1.82) is 0 Å². The lowest BCUT2D eigenvalue weighted by Gasteiger charge is -2.36. The average molecular weight is 291 g/mol. The summed E-state index contributed by atoms with van der Waals surface area (Å²) in [4.78, 5) is 6.78. The lowest BCUT2D eigenvalue weighted by atomic mass is 10.2. The van der Waals surface area contributed by atoms with Gasteiger partial charge in [-0.1, -0.05) is 30.3 Å². The molecule has 2 heterocycles. The summed E-state index contributed by atoms with van der Waals surface area (Å²) in [7, 11) is 0. The molecular weight excluding hydrogens is 274 g/mol. The third kappa shape index (κ3) is 2.67. The molecule has 6 heteroatoms. The molecular formula is C14H17N3O2S. The standard InChI is InChI=1S/C14H17N3O2S/c1-10-9-19-12(8-18)7-17(10)14-15-13(16-20-14)11-5-3-2-4-6-11/h2-6,10,12,18H,7-9H2,1H3/t10-,12+/m0/s1. The minimum Gasteiger partial charge on any atom is -0.394 e. The van der Waals surface area contributed by atoms with Crippen LogP contribution < -0.4 is 4.90 Å². The van der Waals surface area contributed by atoms with Gasteiger partial charge >= 0.3 is 0 Å². The molecule has 1 saturated heterocycles. The van der Waals surface area contributed by atoms with E-state index in [2.05, 4.69) is 21.2 Å². The lowest BCUT2D eigenvalue weighted by Crippen LogP contribution is -2.49. The Morgan fingerprint density at radius 2 is 2.20 bits per heavy atom. The second kappa shape index (κ2) is 5.87. The van der Waals surface area contributed by atoms with Crippen LogP contribution in [0.2, 0.25) is 0 Å². The molecule has 0 aliphatic carbocycles. The van der Waals surface area contributed by atoms with Gasteiger partial charge in [-0.2, -0.15) is 9.36 Å². The van der Waals surface area contributed by atoms with E-state index in [0.29, 0.717) is 13.2 Å². The van der Waals surface area contributed by atoms with Crippen molar-refractivity contribution in [2.24, 2.45) is 0 Å². The zero-order valence-corrected chi connectivity index (χ0v) is 12.1. The van der Waals surface area contributed by atoms with Crippen molar-refractivity contribution in [3.05, 3.63) is 30.3 Å². The maximum absolute atomic E-state index is 9.24. The highest BCUT2D eigenvalue weighted by atomic mass is 32.1. The van der Waals surface area contributed by atoms with E-state index < -0.39 is 0 Å². The topological polar surface area (TPSA) is 58.5 Å². The first-order chi connectivity index (χ1) is 9.78. The highest BCUT2D eigenvalue weighted by molar-refractivity contribution is 7.09. The first-order valence-corrected chi connectivity index (χ1v) is 7.43. The van der Waals surface area contributed by atoms with Gasteiger partial charge in [0.25, 0.3) is 0 Å². The number of aliphatic hydroxyl groups is 1. The number of ether oxygens (including phenoxy) is 1. The second-order valence-corrected chi connectivity index (χ2v) is 5.64. The van der Waals surface area contributed by atoms with Crippen LogP contribution in [0.15, 0.2) is 30.3 Å². The Bertz CT molecular complexity index is 561. The smallest absolute Gasteiger partial charge is 0.205 e. The van der Waals surface area contributed by atoms with Crippen molar-refractivity contribution < 1.29 is 9.84 Å². The van der Waals surface area contributed by atoms with Crippen LogP contribution in [0.3, 0.4) is 0 Å². The predicted molar refractivity (Wildman–Crippen MR) is 79.0 cm³/mol. The summed E-state index contributed by atoms with van der Waals surface area (Å²) in [6.45, 7) is 3.39. The van der Waals surface area contributed by atoms with Gasteiger partial charge in [-0.25, -0.2) is 0 Å². The number of benzene rings is 1. The van der Waals surface area contributed by atoms with Gasteiger partial charge in [-0.3, -0.25) is 0 Å². The Balaban J connectivity index is 1.82. The van der Waals surface area contributed by atoms with Crippen molar-refractivity contribution in [1.82, 2.24) is 9.36 Å². The minimum absolute atomic E-state index is 0.0353. The maximum atomic E-state index is 9.24. The summed E-state index contributed by atoms with van der Waals surface area (Å²) >= 11 is 1.39. The number of aromatic nitrogens is 2. The Morgan fingerprint density at radius 1 is 1.40 bits per heavy atom. The van der Waals surface area contributed by atoms with Crippen molar-refractivity contribution in [2.45, 2.75) is 19.1 Å². The average Bonchev–Trinajstić information content (AvgIpc) is 2.98. The van der Waals surface area contributed by atoms with E-state index in [-0.39, 0.29) is 18.8 Å². The van der Waals surface area contributed by atoms with Crippen LogP contribution in [0.25, 0.3) is 11.4 Å². The Kier molecular flexibility index (Phi) is 3.95. The summed E-state index contributed by atoms with van der Waals surface area (Å²) in [5, 5.41) is 10.1. The van der Waals surface area contributed by atoms with Gasteiger partial charge in [0.15, 0.2) is 5.82 Å². The molecule has 1 aromatic heterocycles. The molecule has 1 fully saturated rings. The quantitative estimate of drug-likeness (QED) is 0.934. The fourth-order valence-corrected chi connectivity index (χ4v) is 3.03. The van der Waals surface area contributed by atoms with Crippen LogP contribution in [0, 0.1) is 0 Å². The molecule has 20 heavy (non-hydrogen) atoms. The van der Waals surface area contributed by atoms with E-state index in [1.165, 1.54) is 11.5 Å². The molecule has 2 atom stereocenters. The van der Waals surface area contributed by atoms with Crippen LogP contribution in [0.1, 0.15) is 6.92 Å². The molecule has 1 aliphatic rings. The lowest BCUT2D eigenvalue weighted by molar-refractivity contribution is -0.0103. The highest BCUT2D eigenvalue weighted by Crippen LogP contribution is 2.27. The van der Waals surface area contributed by atoms with E-state index in [1.54, 1.807) is 0 Å². The number of morpholine rings is 1. The highest BCUT2D eigenvalue weighted by Gasteiger charge is 2.28. The molecule has 0 amide bonds. The zero-order valence-electron chi connectivity index (χ0n) is 11.3. The minimum atomic E-state index is -0.143. The maximum Gasteiger partial charge on any atom is 0.205 e. The number of anilines is 1. The fourth-order valence-electron chi connectivity index (χ4n) is 2.23. The first-order valence-electron chi connectivity index (χ1n) is 6.66. The molecule has 0 radical (unpaired) electrons.